The molecule has 3 aromatic carbocycles. The zero-order chi connectivity index (χ0) is 29.4. The maximum atomic E-state index is 15.4. The molecule has 10 heteroatoms. The van der Waals surface area contributed by atoms with E-state index in [1.165, 1.54) is 6.07 Å². The van der Waals surface area contributed by atoms with Gasteiger partial charge in [0.15, 0.2) is 0 Å². The van der Waals surface area contributed by atoms with Crippen molar-refractivity contribution in [3.05, 3.63) is 83.8 Å². The molecule has 0 saturated carbocycles. The molecule has 1 N–H and O–H groups in total. The van der Waals surface area contributed by atoms with Gasteiger partial charge in [-0.05, 0) is 68.8 Å². The molecule has 0 aliphatic carbocycles. The van der Waals surface area contributed by atoms with Gasteiger partial charge in [0, 0.05) is 60.3 Å². The molecule has 0 unspecified atom stereocenters. The number of hydrogen-bond donors (Lipinski definition) is 1. The Balaban J connectivity index is 1.16. The predicted octanol–water partition coefficient (Wildman–Crippen LogP) is 7.09. The van der Waals surface area contributed by atoms with Gasteiger partial charge in [-0.2, -0.15) is 0 Å². The number of amides is 2. The predicted molar refractivity (Wildman–Crippen MR) is 164 cm³/mol. The molecular formula is C32H30FN5O3S. The number of rotatable bonds is 4. The van der Waals surface area contributed by atoms with Crippen LogP contribution in [0.3, 0.4) is 0 Å². The number of ether oxygens (including phenoxy) is 1. The van der Waals surface area contributed by atoms with Gasteiger partial charge in [-0.25, -0.2) is 14.2 Å². The summed E-state index contributed by atoms with van der Waals surface area (Å²) < 4.78 is 21.9. The lowest BCUT2D eigenvalue weighted by Crippen LogP contribution is -2.51. The first-order valence-corrected chi connectivity index (χ1v) is 14.6. The number of benzene rings is 3. The fourth-order valence-corrected chi connectivity index (χ4v) is 5.66. The van der Waals surface area contributed by atoms with Gasteiger partial charge in [-0.15, -0.1) is 11.3 Å². The first-order chi connectivity index (χ1) is 20.1. The van der Waals surface area contributed by atoms with Gasteiger partial charge in [-0.3, -0.25) is 9.78 Å². The van der Waals surface area contributed by atoms with Crippen LogP contribution in [0.4, 0.5) is 20.6 Å². The molecule has 0 radical (unpaired) electrons. The van der Waals surface area contributed by atoms with Gasteiger partial charge in [0.25, 0.3) is 5.91 Å². The Morgan fingerprint density at radius 2 is 1.69 bits per heavy atom. The Morgan fingerprint density at radius 3 is 2.45 bits per heavy atom. The quantitative estimate of drug-likeness (QED) is 0.243. The minimum absolute atomic E-state index is 0.268. The van der Waals surface area contributed by atoms with Crippen molar-refractivity contribution in [3.63, 3.8) is 0 Å². The number of thiazole rings is 1. The molecule has 0 spiro atoms. The first kappa shape index (κ1) is 27.6. The maximum Gasteiger partial charge on any atom is 0.410 e. The lowest BCUT2D eigenvalue weighted by Gasteiger charge is -2.35. The van der Waals surface area contributed by atoms with E-state index in [1.807, 2.05) is 68.7 Å². The molecule has 3 heterocycles. The lowest BCUT2D eigenvalue weighted by atomic mass is 10.0. The summed E-state index contributed by atoms with van der Waals surface area (Å²) in [6, 6.07) is 18.1. The Bertz CT molecular complexity index is 1810. The zero-order valence-electron chi connectivity index (χ0n) is 23.6. The zero-order valence-corrected chi connectivity index (χ0v) is 24.4. The summed E-state index contributed by atoms with van der Waals surface area (Å²) in [6.45, 7) is 6.88. The Hall–Kier alpha value is -4.57. The van der Waals surface area contributed by atoms with Gasteiger partial charge >= 0.3 is 6.09 Å². The Morgan fingerprint density at radius 1 is 0.905 bits per heavy atom. The molecule has 8 nitrogen and oxygen atoms in total. The van der Waals surface area contributed by atoms with Crippen molar-refractivity contribution in [1.82, 2.24) is 19.8 Å². The van der Waals surface area contributed by atoms with Gasteiger partial charge in [0.1, 0.15) is 11.4 Å². The van der Waals surface area contributed by atoms with E-state index in [4.69, 9.17) is 4.74 Å². The normalized spacial score (nSPS) is 13.9. The maximum absolute atomic E-state index is 15.4. The molecule has 214 valence electrons. The number of nitrogens with zero attached hydrogens (tertiary/aromatic N) is 4. The molecular weight excluding hydrogens is 553 g/mol. The molecule has 1 fully saturated rings. The van der Waals surface area contributed by atoms with E-state index in [0.717, 1.165) is 32.5 Å². The van der Waals surface area contributed by atoms with Crippen LogP contribution in [-0.2, 0) is 4.74 Å². The van der Waals surface area contributed by atoms with E-state index in [-0.39, 0.29) is 11.5 Å². The first-order valence-electron chi connectivity index (χ1n) is 13.7. The van der Waals surface area contributed by atoms with Crippen LogP contribution in [0.25, 0.3) is 32.2 Å². The van der Waals surface area contributed by atoms with Crippen molar-refractivity contribution in [3.8, 4) is 11.1 Å². The lowest BCUT2D eigenvalue weighted by molar-refractivity contribution is 0.0141. The molecule has 0 bridgehead atoms. The third kappa shape index (κ3) is 5.75. The molecule has 2 aromatic heterocycles. The molecule has 1 aliphatic heterocycles. The van der Waals surface area contributed by atoms with Gasteiger partial charge < -0.3 is 19.9 Å². The topological polar surface area (TPSA) is 87.7 Å². The van der Waals surface area contributed by atoms with E-state index in [0.29, 0.717) is 37.3 Å². The van der Waals surface area contributed by atoms with Crippen molar-refractivity contribution in [2.45, 2.75) is 26.4 Å². The summed E-state index contributed by atoms with van der Waals surface area (Å²) in [5.41, 5.74) is 6.02. The van der Waals surface area contributed by atoms with Gasteiger partial charge in [0.05, 0.1) is 21.2 Å². The van der Waals surface area contributed by atoms with Crippen LogP contribution in [0.15, 0.2) is 72.4 Å². The largest absolute Gasteiger partial charge is 0.444 e. The van der Waals surface area contributed by atoms with E-state index < -0.39 is 17.5 Å². The number of aromatic nitrogens is 2. The highest BCUT2D eigenvalue weighted by atomic mass is 32.1. The Kier molecular flexibility index (Phi) is 7.24. The summed E-state index contributed by atoms with van der Waals surface area (Å²) in [4.78, 5) is 37.6. The third-order valence-corrected chi connectivity index (χ3v) is 7.91. The number of piperazine rings is 1. The van der Waals surface area contributed by atoms with Gasteiger partial charge in [0.2, 0.25) is 0 Å². The SMILES string of the molecule is CC(C)(C)OC(=O)N1CCN(C(=O)c2ccc(-c3ccc4c(Nc5ccc6scnc6c5)ccnc4c3)c(F)c2)CC1. The number of carbonyl (C=O) groups is 2. The molecule has 42 heavy (non-hydrogen) atoms. The third-order valence-electron chi connectivity index (χ3n) is 7.10. The van der Waals surface area contributed by atoms with Crippen LogP contribution in [0.5, 0.6) is 0 Å². The number of nitrogens with one attached hydrogen (secondary N) is 1. The number of anilines is 2. The van der Waals surface area contributed by atoms with Crippen molar-refractivity contribution in [2.24, 2.45) is 0 Å². The summed E-state index contributed by atoms with van der Waals surface area (Å²) in [5.74, 6) is -0.755. The average molecular weight is 584 g/mol. The molecule has 1 aliphatic rings. The summed E-state index contributed by atoms with van der Waals surface area (Å²) in [6.07, 6.45) is 1.33. The van der Waals surface area contributed by atoms with Crippen LogP contribution in [0.2, 0.25) is 0 Å². The second-order valence-electron chi connectivity index (χ2n) is 11.2. The minimum atomic E-state index is -0.582. The summed E-state index contributed by atoms with van der Waals surface area (Å²) in [5, 5.41) is 4.35. The molecule has 5 aromatic rings. The van der Waals surface area contributed by atoms with Crippen LogP contribution < -0.4 is 5.32 Å². The highest BCUT2D eigenvalue weighted by Crippen LogP contribution is 2.32. The van der Waals surface area contributed by atoms with Crippen molar-refractivity contribution in [1.29, 1.82) is 0 Å². The Labute approximate surface area is 246 Å². The van der Waals surface area contributed by atoms with Crippen LogP contribution >= 0.6 is 11.3 Å². The van der Waals surface area contributed by atoms with Crippen molar-refractivity contribution >= 4 is 55.8 Å². The number of pyridine rings is 1. The van der Waals surface area contributed by atoms with Crippen molar-refractivity contribution in [2.75, 3.05) is 31.5 Å². The van der Waals surface area contributed by atoms with E-state index in [9.17, 15) is 9.59 Å². The standard InChI is InChI=1S/C32H30FN5O3S/c1-32(2,3)41-31(40)38-14-12-37(13-15-38)30(39)21-5-7-23(25(33)16-21)20-4-8-24-26(10-11-34-27(24)17-20)36-22-6-9-29-28(18-22)35-19-42-29/h4-11,16-19H,12-15H2,1-3H3,(H,34,36). The fraction of sp³-hybridized carbons (Fsp3) is 0.250. The van der Waals surface area contributed by atoms with Crippen LogP contribution in [0.1, 0.15) is 31.1 Å². The molecule has 2 amide bonds. The van der Waals surface area contributed by atoms with E-state index >= 15 is 4.39 Å². The summed E-state index contributed by atoms with van der Waals surface area (Å²) >= 11 is 1.60. The summed E-state index contributed by atoms with van der Waals surface area (Å²) in [7, 11) is 0. The molecule has 1 saturated heterocycles. The monoisotopic (exact) mass is 583 g/mol. The average Bonchev–Trinajstić information content (AvgIpc) is 3.44. The van der Waals surface area contributed by atoms with E-state index in [1.54, 1.807) is 39.5 Å². The van der Waals surface area contributed by atoms with Crippen LogP contribution in [0, 0.1) is 5.82 Å². The smallest absolute Gasteiger partial charge is 0.410 e. The van der Waals surface area contributed by atoms with Crippen LogP contribution in [-0.4, -0.2) is 63.5 Å². The molecule has 6 rings (SSSR count). The number of hydrogen-bond acceptors (Lipinski definition) is 7. The second-order valence-corrected chi connectivity index (χ2v) is 12.1. The molecule has 0 atom stereocenters. The fourth-order valence-electron chi connectivity index (χ4n) is 5.00. The number of halogens is 1. The van der Waals surface area contributed by atoms with E-state index in [2.05, 4.69) is 15.3 Å². The second kappa shape index (κ2) is 11.0. The highest BCUT2D eigenvalue weighted by Gasteiger charge is 2.28. The van der Waals surface area contributed by atoms with Gasteiger partial charge in [-0.1, -0.05) is 18.2 Å². The highest BCUT2D eigenvalue weighted by molar-refractivity contribution is 7.16. The van der Waals surface area contributed by atoms with Crippen molar-refractivity contribution < 1.29 is 18.7 Å². The minimum Gasteiger partial charge on any atom is -0.444 e. The number of carbonyl (C=O) groups excluding carboxylic acids is 2. The number of fused-ring (bicyclic) bond motifs is 2.